The van der Waals surface area contributed by atoms with E-state index in [1.54, 1.807) is 0 Å². The average Bonchev–Trinajstić information content (AvgIpc) is 2.13. The van der Waals surface area contributed by atoms with Gasteiger partial charge in [-0.3, -0.25) is 0 Å². The Bertz CT molecular complexity index is 138. The molecule has 1 N–H and O–H groups in total. The van der Waals surface area contributed by atoms with Gasteiger partial charge in [0.25, 0.3) is 0 Å². The van der Waals surface area contributed by atoms with Crippen molar-refractivity contribution in [3.8, 4) is 0 Å². The molecule has 1 aliphatic carbocycles. The minimum atomic E-state index is 0.788. The molecular weight excluding hydrogens is 178 g/mol. The third kappa shape index (κ3) is 3.51. The molecule has 0 spiro atoms. The molecule has 3 atom stereocenters. The maximum absolute atomic E-state index is 3.68. The molecule has 0 aromatic carbocycles. The van der Waals surface area contributed by atoms with Gasteiger partial charge in [0, 0.05) is 18.3 Å². The molecule has 2 heteroatoms. The van der Waals surface area contributed by atoms with Gasteiger partial charge in [-0.15, -0.1) is 0 Å². The van der Waals surface area contributed by atoms with Crippen molar-refractivity contribution in [3.05, 3.63) is 0 Å². The number of rotatable bonds is 4. The number of thioether (sulfide) groups is 1. The summed E-state index contributed by atoms with van der Waals surface area (Å²) in [6, 6.07) is 0.788. The predicted molar refractivity (Wildman–Crippen MR) is 62.4 cm³/mol. The first-order chi connectivity index (χ1) is 6.25. The van der Waals surface area contributed by atoms with Crippen LogP contribution in [0.15, 0.2) is 0 Å². The fourth-order valence-corrected chi connectivity index (χ4v) is 2.54. The average molecular weight is 201 g/mol. The first kappa shape index (κ1) is 11.4. The van der Waals surface area contributed by atoms with Gasteiger partial charge in [0.2, 0.25) is 0 Å². The van der Waals surface area contributed by atoms with E-state index >= 15 is 0 Å². The van der Waals surface area contributed by atoms with Crippen LogP contribution in [0.25, 0.3) is 0 Å². The molecular formula is C11H23NS. The molecule has 13 heavy (non-hydrogen) atoms. The van der Waals surface area contributed by atoms with Crippen LogP contribution >= 0.6 is 11.8 Å². The monoisotopic (exact) mass is 201 g/mol. The van der Waals surface area contributed by atoms with E-state index in [2.05, 4.69) is 25.4 Å². The molecule has 1 saturated carbocycles. The van der Waals surface area contributed by atoms with Gasteiger partial charge in [-0.2, -0.15) is 11.8 Å². The van der Waals surface area contributed by atoms with Gasteiger partial charge in [-0.25, -0.2) is 0 Å². The van der Waals surface area contributed by atoms with E-state index in [-0.39, 0.29) is 0 Å². The van der Waals surface area contributed by atoms with Crippen LogP contribution in [0.3, 0.4) is 0 Å². The van der Waals surface area contributed by atoms with E-state index in [1.807, 2.05) is 11.8 Å². The van der Waals surface area contributed by atoms with Crippen molar-refractivity contribution in [2.24, 2.45) is 11.8 Å². The highest BCUT2D eigenvalue weighted by atomic mass is 32.2. The van der Waals surface area contributed by atoms with Crippen LogP contribution in [0, 0.1) is 11.8 Å². The third-order valence-corrected chi connectivity index (χ3v) is 4.03. The molecule has 0 aromatic heterocycles. The molecule has 1 aliphatic rings. The van der Waals surface area contributed by atoms with E-state index in [1.165, 1.54) is 31.6 Å². The van der Waals surface area contributed by atoms with Gasteiger partial charge in [-0.1, -0.05) is 26.7 Å². The molecule has 0 aliphatic heterocycles. The van der Waals surface area contributed by atoms with Gasteiger partial charge in [0.05, 0.1) is 0 Å². The summed E-state index contributed by atoms with van der Waals surface area (Å²) in [5.41, 5.74) is 0. The fraction of sp³-hybridized carbons (Fsp3) is 1.00. The zero-order valence-corrected chi connectivity index (χ0v) is 9.99. The van der Waals surface area contributed by atoms with Gasteiger partial charge in [0.1, 0.15) is 0 Å². The molecule has 1 rings (SSSR count). The van der Waals surface area contributed by atoms with E-state index in [0.717, 1.165) is 17.9 Å². The van der Waals surface area contributed by atoms with E-state index in [0.29, 0.717) is 0 Å². The van der Waals surface area contributed by atoms with Crippen molar-refractivity contribution in [1.29, 1.82) is 0 Å². The van der Waals surface area contributed by atoms with Crippen LogP contribution in [0.4, 0.5) is 0 Å². The topological polar surface area (TPSA) is 12.0 Å². The minimum absolute atomic E-state index is 0.788. The Labute approximate surface area is 87.1 Å². The lowest BCUT2D eigenvalue weighted by Gasteiger charge is -2.34. The summed E-state index contributed by atoms with van der Waals surface area (Å²) in [4.78, 5) is 0. The highest BCUT2D eigenvalue weighted by molar-refractivity contribution is 7.98. The first-order valence-corrected chi connectivity index (χ1v) is 6.87. The van der Waals surface area contributed by atoms with Crippen molar-refractivity contribution in [2.75, 3.05) is 18.6 Å². The maximum Gasteiger partial charge on any atom is 0.00955 e. The Hall–Kier alpha value is 0.310. The van der Waals surface area contributed by atoms with Crippen LogP contribution in [-0.2, 0) is 0 Å². The third-order valence-electron chi connectivity index (χ3n) is 3.42. The number of hydrogen-bond donors (Lipinski definition) is 1. The zero-order chi connectivity index (χ0) is 9.68. The van der Waals surface area contributed by atoms with Crippen molar-refractivity contribution in [1.82, 2.24) is 5.32 Å². The quantitative estimate of drug-likeness (QED) is 0.702. The summed E-state index contributed by atoms with van der Waals surface area (Å²) < 4.78 is 0. The Kier molecular flexibility index (Phi) is 5.18. The summed E-state index contributed by atoms with van der Waals surface area (Å²) in [5.74, 6) is 3.04. The molecule has 0 saturated heterocycles. The van der Waals surface area contributed by atoms with Crippen molar-refractivity contribution in [3.63, 3.8) is 0 Å². The Morgan fingerprint density at radius 1 is 1.31 bits per heavy atom. The fourth-order valence-electron chi connectivity index (χ4n) is 2.22. The van der Waals surface area contributed by atoms with Crippen LogP contribution in [0.2, 0.25) is 0 Å². The summed E-state index contributed by atoms with van der Waals surface area (Å²) in [5, 5.41) is 3.68. The summed E-state index contributed by atoms with van der Waals surface area (Å²) >= 11 is 1.93. The predicted octanol–water partition coefficient (Wildman–Crippen LogP) is 2.76. The van der Waals surface area contributed by atoms with Gasteiger partial charge in [0.15, 0.2) is 0 Å². The lowest BCUT2D eigenvalue weighted by Crippen LogP contribution is -2.41. The molecule has 1 nitrogen and oxygen atoms in total. The van der Waals surface area contributed by atoms with E-state index in [9.17, 15) is 0 Å². The van der Waals surface area contributed by atoms with Crippen LogP contribution in [-0.4, -0.2) is 24.6 Å². The summed E-state index contributed by atoms with van der Waals surface area (Å²) in [7, 11) is 0. The Morgan fingerprint density at radius 3 is 2.77 bits per heavy atom. The van der Waals surface area contributed by atoms with Gasteiger partial charge in [-0.05, 0) is 24.5 Å². The largest absolute Gasteiger partial charge is 0.313 e. The van der Waals surface area contributed by atoms with Crippen LogP contribution in [0.1, 0.15) is 33.1 Å². The number of nitrogens with one attached hydrogen (secondary N) is 1. The molecule has 78 valence electrons. The van der Waals surface area contributed by atoms with E-state index in [4.69, 9.17) is 0 Å². The normalized spacial score (nSPS) is 34.8. The molecule has 0 radical (unpaired) electrons. The highest BCUT2D eigenvalue weighted by Gasteiger charge is 2.25. The maximum atomic E-state index is 3.68. The smallest absolute Gasteiger partial charge is 0.00955 e. The first-order valence-electron chi connectivity index (χ1n) is 5.48. The minimum Gasteiger partial charge on any atom is -0.313 e. The standard InChI is InChI=1S/C11H23NS/c1-9-5-4-6-11(10(9)2)12-7-8-13-3/h9-12H,4-8H2,1-3H3. The SMILES string of the molecule is CSCCNC1CCCC(C)C1C. The summed E-state index contributed by atoms with van der Waals surface area (Å²) in [6.45, 7) is 5.98. The zero-order valence-electron chi connectivity index (χ0n) is 9.18. The van der Waals surface area contributed by atoms with Crippen molar-refractivity contribution < 1.29 is 0 Å². The molecule has 0 aromatic rings. The van der Waals surface area contributed by atoms with Crippen LogP contribution < -0.4 is 5.32 Å². The van der Waals surface area contributed by atoms with Gasteiger partial charge < -0.3 is 5.32 Å². The van der Waals surface area contributed by atoms with Crippen LogP contribution in [0.5, 0.6) is 0 Å². The van der Waals surface area contributed by atoms with Gasteiger partial charge >= 0.3 is 0 Å². The van der Waals surface area contributed by atoms with Crippen molar-refractivity contribution >= 4 is 11.8 Å². The number of hydrogen-bond acceptors (Lipinski definition) is 2. The molecule has 0 heterocycles. The van der Waals surface area contributed by atoms with E-state index < -0.39 is 0 Å². The lowest BCUT2D eigenvalue weighted by molar-refractivity contribution is 0.210. The molecule has 3 unspecified atom stereocenters. The summed E-state index contributed by atoms with van der Waals surface area (Å²) in [6.07, 6.45) is 6.42. The Balaban J connectivity index is 2.23. The molecule has 0 bridgehead atoms. The highest BCUT2D eigenvalue weighted by Crippen LogP contribution is 2.29. The second kappa shape index (κ2) is 5.92. The molecule has 0 amide bonds. The van der Waals surface area contributed by atoms with Crippen molar-refractivity contribution in [2.45, 2.75) is 39.2 Å². The Morgan fingerprint density at radius 2 is 2.08 bits per heavy atom. The second-order valence-corrected chi connectivity index (χ2v) is 5.31. The molecule has 1 fully saturated rings. The lowest BCUT2D eigenvalue weighted by atomic mass is 9.78. The second-order valence-electron chi connectivity index (χ2n) is 4.32.